The molecule has 4 nitrogen and oxygen atoms in total. The van der Waals surface area contributed by atoms with E-state index in [-0.39, 0.29) is 23.7 Å². The first-order chi connectivity index (χ1) is 12.8. The summed E-state index contributed by atoms with van der Waals surface area (Å²) in [5.41, 5.74) is 1.94. The topological polar surface area (TPSA) is 66.4 Å². The quantitative estimate of drug-likeness (QED) is 0.645. The lowest BCUT2D eigenvalue weighted by atomic mass is 9.94. The standard InChI is InChI=1S/C22H24BrNO3/c1-4-22(21(26)27)18(14-8-6-5-7-9-14)19(22)15-10-11-17(16(23)12-15)24-20(25)13(2)3/h5-13,18-19H,4H2,1-3H3,(H,24,25)(H,26,27). The molecule has 3 rings (SSSR count). The molecule has 1 aliphatic carbocycles. The fraction of sp³-hybridized carbons (Fsp3) is 0.364. The van der Waals surface area contributed by atoms with E-state index in [0.717, 1.165) is 15.6 Å². The summed E-state index contributed by atoms with van der Waals surface area (Å²) >= 11 is 3.53. The van der Waals surface area contributed by atoms with Gasteiger partial charge in [0, 0.05) is 22.2 Å². The molecule has 1 amide bonds. The zero-order chi connectivity index (χ0) is 19.8. The zero-order valence-corrected chi connectivity index (χ0v) is 17.3. The molecule has 27 heavy (non-hydrogen) atoms. The van der Waals surface area contributed by atoms with Crippen LogP contribution in [0.15, 0.2) is 53.0 Å². The predicted octanol–water partition coefficient (Wildman–Crippen LogP) is 5.41. The second-order valence-electron chi connectivity index (χ2n) is 7.45. The number of rotatable bonds is 6. The summed E-state index contributed by atoms with van der Waals surface area (Å²) in [5.74, 6) is -1.05. The van der Waals surface area contributed by atoms with Crippen molar-refractivity contribution in [1.82, 2.24) is 0 Å². The molecule has 1 aliphatic rings. The van der Waals surface area contributed by atoms with Gasteiger partial charge in [0.1, 0.15) is 0 Å². The fourth-order valence-electron chi connectivity index (χ4n) is 4.04. The van der Waals surface area contributed by atoms with Gasteiger partial charge in [0.25, 0.3) is 0 Å². The number of amides is 1. The zero-order valence-electron chi connectivity index (χ0n) is 15.7. The summed E-state index contributed by atoms with van der Waals surface area (Å²) in [5, 5.41) is 12.9. The monoisotopic (exact) mass is 429 g/mol. The summed E-state index contributed by atoms with van der Waals surface area (Å²) in [4.78, 5) is 24.1. The van der Waals surface area contributed by atoms with E-state index in [9.17, 15) is 14.7 Å². The molecule has 0 aromatic heterocycles. The maximum Gasteiger partial charge on any atom is 0.310 e. The van der Waals surface area contributed by atoms with Gasteiger partial charge in [-0.3, -0.25) is 9.59 Å². The van der Waals surface area contributed by atoms with Gasteiger partial charge in [-0.2, -0.15) is 0 Å². The third kappa shape index (κ3) is 3.41. The highest BCUT2D eigenvalue weighted by Crippen LogP contribution is 2.72. The molecule has 0 saturated heterocycles. The lowest BCUT2D eigenvalue weighted by Gasteiger charge is -2.12. The normalized spacial score (nSPS) is 23.9. The van der Waals surface area contributed by atoms with Crippen LogP contribution >= 0.6 is 15.9 Å². The molecule has 1 saturated carbocycles. The molecular formula is C22H24BrNO3. The van der Waals surface area contributed by atoms with E-state index in [1.54, 1.807) is 0 Å². The van der Waals surface area contributed by atoms with Gasteiger partial charge in [0.05, 0.1) is 11.1 Å². The Hall–Kier alpha value is -2.14. The predicted molar refractivity (Wildman–Crippen MR) is 110 cm³/mol. The van der Waals surface area contributed by atoms with Crippen LogP contribution in [0.3, 0.4) is 0 Å². The van der Waals surface area contributed by atoms with Crippen molar-refractivity contribution in [3.05, 3.63) is 64.1 Å². The number of anilines is 1. The Labute approximate surface area is 168 Å². The van der Waals surface area contributed by atoms with Crippen molar-refractivity contribution in [2.24, 2.45) is 11.3 Å². The van der Waals surface area contributed by atoms with E-state index in [1.165, 1.54) is 0 Å². The fourth-order valence-corrected chi connectivity index (χ4v) is 4.54. The van der Waals surface area contributed by atoms with Crippen LogP contribution in [0.5, 0.6) is 0 Å². The minimum Gasteiger partial charge on any atom is -0.481 e. The second-order valence-corrected chi connectivity index (χ2v) is 8.30. The molecule has 0 heterocycles. The first-order valence-corrected chi connectivity index (χ1v) is 10.0. The number of nitrogens with one attached hydrogen (secondary N) is 1. The van der Waals surface area contributed by atoms with Crippen LogP contribution in [-0.2, 0) is 9.59 Å². The third-order valence-electron chi connectivity index (χ3n) is 5.61. The van der Waals surface area contributed by atoms with Crippen LogP contribution in [0.1, 0.15) is 50.2 Å². The summed E-state index contributed by atoms with van der Waals surface area (Å²) in [6.07, 6.45) is 0.565. The van der Waals surface area contributed by atoms with E-state index in [4.69, 9.17) is 0 Å². The number of hydrogen-bond acceptors (Lipinski definition) is 2. The maximum atomic E-state index is 12.2. The van der Waals surface area contributed by atoms with E-state index in [1.807, 2.05) is 69.3 Å². The van der Waals surface area contributed by atoms with Crippen molar-refractivity contribution in [1.29, 1.82) is 0 Å². The van der Waals surface area contributed by atoms with Crippen molar-refractivity contribution in [3.63, 3.8) is 0 Å². The number of carbonyl (C=O) groups is 2. The number of halogens is 1. The Balaban J connectivity index is 1.95. The van der Waals surface area contributed by atoms with E-state index in [0.29, 0.717) is 12.1 Å². The summed E-state index contributed by atoms with van der Waals surface area (Å²) in [6, 6.07) is 15.6. The summed E-state index contributed by atoms with van der Waals surface area (Å²) < 4.78 is 0.767. The number of hydrogen-bond donors (Lipinski definition) is 2. The number of carboxylic acid groups (broad SMARTS) is 1. The second kappa shape index (κ2) is 7.47. The van der Waals surface area contributed by atoms with E-state index in [2.05, 4.69) is 21.2 Å². The molecule has 0 aliphatic heterocycles. The third-order valence-corrected chi connectivity index (χ3v) is 6.27. The first-order valence-electron chi connectivity index (χ1n) is 9.21. The Kier molecular flexibility index (Phi) is 5.43. The number of carbonyl (C=O) groups excluding carboxylic acids is 1. The molecule has 2 N–H and O–H groups in total. The molecule has 3 atom stereocenters. The van der Waals surface area contributed by atoms with E-state index < -0.39 is 11.4 Å². The van der Waals surface area contributed by atoms with E-state index >= 15 is 0 Å². The molecule has 3 unspecified atom stereocenters. The summed E-state index contributed by atoms with van der Waals surface area (Å²) in [7, 11) is 0. The first kappa shape index (κ1) is 19.6. The number of aliphatic carboxylic acids is 1. The Morgan fingerprint density at radius 2 is 1.74 bits per heavy atom. The minimum atomic E-state index is -0.788. The van der Waals surface area contributed by atoms with Gasteiger partial charge < -0.3 is 10.4 Å². The van der Waals surface area contributed by atoms with Crippen molar-refractivity contribution in [3.8, 4) is 0 Å². The molecule has 1 fully saturated rings. The van der Waals surface area contributed by atoms with Crippen LogP contribution in [0, 0.1) is 11.3 Å². The minimum absolute atomic E-state index is 0.0505. The van der Waals surface area contributed by atoms with Gasteiger partial charge in [-0.05, 0) is 45.6 Å². The van der Waals surface area contributed by atoms with Gasteiger partial charge in [0.2, 0.25) is 5.91 Å². The molecule has 0 radical (unpaired) electrons. The highest BCUT2D eigenvalue weighted by Gasteiger charge is 2.69. The number of carboxylic acids is 1. The lowest BCUT2D eigenvalue weighted by molar-refractivity contribution is -0.144. The van der Waals surface area contributed by atoms with Gasteiger partial charge in [0.15, 0.2) is 0 Å². The molecule has 5 heteroatoms. The number of benzene rings is 2. The highest BCUT2D eigenvalue weighted by atomic mass is 79.9. The smallest absolute Gasteiger partial charge is 0.310 e. The van der Waals surface area contributed by atoms with Crippen molar-refractivity contribution >= 4 is 33.5 Å². The van der Waals surface area contributed by atoms with Gasteiger partial charge in [-0.15, -0.1) is 0 Å². The summed E-state index contributed by atoms with van der Waals surface area (Å²) in [6.45, 7) is 5.62. The van der Waals surface area contributed by atoms with Crippen LogP contribution in [0.2, 0.25) is 0 Å². The van der Waals surface area contributed by atoms with Crippen LogP contribution in [0.25, 0.3) is 0 Å². The average molecular weight is 430 g/mol. The van der Waals surface area contributed by atoms with Crippen LogP contribution in [-0.4, -0.2) is 17.0 Å². The molecule has 142 valence electrons. The lowest BCUT2D eigenvalue weighted by Crippen LogP contribution is -2.18. The average Bonchev–Trinajstić information content (AvgIpc) is 3.34. The van der Waals surface area contributed by atoms with Crippen molar-refractivity contribution in [2.45, 2.75) is 39.0 Å². The van der Waals surface area contributed by atoms with Gasteiger partial charge in [-0.1, -0.05) is 57.2 Å². The Bertz CT molecular complexity index is 865. The largest absolute Gasteiger partial charge is 0.481 e. The van der Waals surface area contributed by atoms with Crippen molar-refractivity contribution in [2.75, 3.05) is 5.32 Å². The maximum absolute atomic E-state index is 12.2. The molecule has 0 bridgehead atoms. The Morgan fingerprint density at radius 3 is 2.26 bits per heavy atom. The molecular weight excluding hydrogens is 406 g/mol. The SMILES string of the molecule is CCC1(C(=O)O)C(c2ccccc2)C1c1ccc(NC(=O)C(C)C)c(Br)c1. The molecule has 2 aromatic rings. The van der Waals surface area contributed by atoms with Crippen LogP contribution in [0.4, 0.5) is 5.69 Å². The molecule has 0 spiro atoms. The van der Waals surface area contributed by atoms with Crippen LogP contribution < -0.4 is 5.32 Å². The van der Waals surface area contributed by atoms with Crippen molar-refractivity contribution < 1.29 is 14.7 Å². The van der Waals surface area contributed by atoms with Gasteiger partial charge >= 0.3 is 5.97 Å². The van der Waals surface area contributed by atoms with Gasteiger partial charge in [-0.25, -0.2) is 0 Å². The highest BCUT2D eigenvalue weighted by molar-refractivity contribution is 9.10. The Morgan fingerprint density at radius 1 is 1.11 bits per heavy atom. The molecule has 2 aromatic carbocycles.